The number of hydrogen-bond acceptors (Lipinski definition) is 2. The fraction of sp³-hybridized carbons (Fsp3) is 0.714. The molecule has 104 valence electrons. The summed E-state index contributed by atoms with van der Waals surface area (Å²) < 4.78 is 0. The van der Waals surface area contributed by atoms with Crippen LogP contribution in [0.3, 0.4) is 0 Å². The van der Waals surface area contributed by atoms with Gasteiger partial charge in [0.05, 0.1) is 6.20 Å². The van der Waals surface area contributed by atoms with Gasteiger partial charge in [-0.25, -0.2) is 4.79 Å². The van der Waals surface area contributed by atoms with E-state index in [1.165, 1.54) is 18.4 Å². The lowest BCUT2D eigenvalue weighted by Gasteiger charge is -2.32. The minimum Gasteiger partial charge on any atom is -0.338 e. The summed E-state index contributed by atoms with van der Waals surface area (Å²) in [6.07, 6.45) is 6.57. The van der Waals surface area contributed by atoms with Crippen LogP contribution in [0.4, 0.5) is 4.79 Å². The lowest BCUT2D eigenvalue weighted by atomic mass is 9.90. The first-order chi connectivity index (χ1) is 9.24. The molecule has 2 heterocycles. The van der Waals surface area contributed by atoms with Gasteiger partial charge in [-0.05, 0) is 50.0 Å². The number of nitrogens with one attached hydrogen (secondary N) is 2. The molecule has 0 spiro atoms. The zero-order valence-electron chi connectivity index (χ0n) is 11.5. The van der Waals surface area contributed by atoms with Gasteiger partial charge in [-0.2, -0.15) is 5.10 Å². The van der Waals surface area contributed by atoms with Gasteiger partial charge in [0.2, 0.25) is 0 Å². The number of nitrogens with zero attached hydrogens (tertiary/aromatic N) is 2. The lowest BCUT2D eigenvalue weighted by molar-refractivity contribution is 0.181. The van der Waals surface area contributed by atoms with Gasteiger partial charge in [0.25, 0.3) is 0 Å². The van der Waals surface area contributed by atoms with E-state index in [1.54, 1.807) is 0 Å². The van der Waals surface area contributed by atoms with Crippen molar-refractivity contribution < 1.29 is 4.79 Å². The summed E-state index contributed by atoms with van der Waals surface area (Å²) in [7, 11) is 0. The van der Waals surface area contributed by atoms with Crippen LogP contribution in [0.25, 0.3) is 0 Å². The van der Waals surface area contributed by atoms with E-state index in [1.807, 2.05) is 11.1 Å². The number of likely N-dealkylation sites (tertiary alicyclic amines) is 1. The van der Waals surface area contributed by atoms with Crippen LogP contribution in [0.5, 0.6) is 0 Å². The van der Waals surface area contributed by atoms with Crippen LogP contribution in [0.2, 0.25) is 0 Å². The highest BCUT2D eigenvalue weighted by Crippen LogP contribution is 2.30. The standard InChI is InChI=1S/C14H22N4O/c1-10-13(9-16-17-10)12-4-6-18(7-5-12)14(19)15-8-11-2-3-11/h9,11-12H,2-8H2,1H3,(H,15,19)(H,16,17). The summed E-state index contributed by atoms with van der Waals surface area (Å²) in [4.78, 5) is 13.9. The van der Waals surface area contributed by atoms with E-state index in [9.17, 15) is 4.79 Å². The van der Waals surface area contributed by atoms with Gasteiger partial charge in [-0.3, -0.25) is 5.10 Å². The van der Waals surface area contributed by atoms with Crippen molar-refractivity contribution in [1.82, 2.24) is 20.4 Å². The minimum absolute atomic E-state index is 0.120. The summed E-state index contributed by atoms with van der Waals surface area (Å²) in [6.45, 7) is 4.63. The van der Waals surface area contributed by atoms with Crippen LogP contribution < -0.4 is 5.32 Å². The van der Waals surface area contributed by atoms with Crippen molar-refractivity contribution in [3.63, 3.8) is 0 Å². The largest absolute Gasteiger partial charge is 0.338 e. The smallest absolute Gasteiger partial charge is 0.317 e. The monoisotopic (exact) mass is 262 g/mol. The molecule has 1 aromatic heterocycles. The molecule has 5 nitrogen and oxygen atoms in total. The van der Waals surface area contributed by atoms with Crippen molar-refractivity contribution in [1.29, 1.82) is 0 Å². The summed E-state index contributed by atoms with van der Waals surface area (Å²) in [5.41, 5.74) is 2.48. The third-order valence-corrected chi connectivity index (χ3v) is 4.33. The number of hydrogen-bond donors (Lipinski definition) is 2. The van der Waals surface area contributed by atoms with Gasteiger partial charge in [0, 0.05) is 25.3 Å². The highest BCUT2D eigenvalue weighted by molar-refractivity contribution is 5.74. The average molecular weight is 262 g/mol. The van der Waals surface area contributed by atoms with Crippen LogP contribution in [0.15, 0.2) is 6.20 Å². The molecular formula is C14H22N4O. The molecule has 1 saturated heterocycles. The molecule has 2 amide bonds. The fourth-order valence-electron chi connectivity index (χ4n) is 2.83. The first-order valence-electron chi connectivity index (χ1n) is 7.26. The van der Waals surface area contributed by atoms with Crippen molar-refractivity contribution in [2.75, 3.05) is 19.6 Å². The normalized spacial score (nSPS) is 20.6. The Morgan fingerprint density at radius 3 is 2.74 bits per heavy atom. The Labute approximate surface area is 113 Å². The van der Waals surface area contributed by atoms with Crippen LogP contribution in [0.1, 0.15) is 42.9 Å². The zero-order valence-corrected chi connectivity index (χ0v) is 11.5. The third kappa shape index (κ3) is 2.91. The molecule has 0 radical (unpaired) electrons. The SMILES string of the molecule is Cc1[nH]ncc1C1CCN(C(=O)NCC2CC2)CC1. The van der Waals surface area contributed by atoms with Crippen molar-refractivity contribution in [2.45, 2.75) is 38.5 Å². The minimum atomic E-state index is 0.120. The molecule has 2 fully saturated rings. The molecule has 1 saturated carbocycles. The summed E-state index contributed by atoms with van der Waals surface area (Å²) in [5.74, 6) is 1.29. The number of urea groups is 1. The Hall–Kier alpha value is -1.52. The molecule has 3 rings (SSSR count). The van der Waals surface area contributed by atoms with E-state index in [2.05, 4.69) is 22.4 Å². The number of piperidine rings is 1. The molecule has 1 aliphatic carbocycles. The van der Waals surface area contributed by atoms with Gasteiger partial charge in [0.15, 0.2) is 0 Å². The van der Waals surface area contributed by atoms with E-state index in [4.69, 9.17) is 0 Å². The van der Waals surface area contributed by atoms with E-state index in [-0.39, 0.29) is 6.03 Å². The number of aromatic nitrogens is 2. The molecule has 19 heavy (non-hydrogen) atoms. The number of amides is 2. The molecule has 0 unspecified atom stereocenters. The van der Waals surface area contributed by atoms with E-state index in [0.717, 1.165) is 44.1 Å². The number of carbonyl (C=O) groups is 1. The number of carbonyl (C=O) groups excluding carboxylic acids is 1. The Morgan fingerprint density at radius 2 is 2.16 bits per heavy atom. The fourth-order valence-corrected chi connectivity index (χ4v) is 2.83. The quantitative estimate of drug-likeness (QED) is 0.875. The van der Waals surface area contributed by atoms with Crippen molar-refractivity contribution in [2.24, 2.45) is 5.92 Å². The number of aryl methyl sites for hydroxylation is 1. The molecule has 0 aromatic carbocycles. The summed E-state index contributed by atoms with van der Waals surface area (Å²) in [5, 5.41) is 10.1. The second-order valence-corrected chi connectivity index (χ2v) is 5.84. The van der Waals surface area contributed by atoms with E-state index >= 15 is 0 Å². The van der Waals surface area contributed by atoms with Crippen molar-refractivity contribution in [3.8, 4) is 0 Å². The molecule has 2 N–H and O–H groups in total. The second kappa shape index (κ2) is 5.23. The molecule has 5 heteroatoms. The molecule has 1 aromatic rings. The maximum Gasteiger partial charge on any atom is 0.317 e. The maximum atomic E-state index is 12.0. The van der Waals surface area contributed by atoms with Crippen molar-refractivity contribution in [3.05, 3.63) is 17.5 Å². The Bertz CT molecular complexity index is 444. The number of rotatable bonds is 3. The molecule has 0 bridgehead atoms. The van der Waals surface area contributed by atoms with Gasteiger partial charge in [-0.1, -0.05) is 0 Å². The first-order valence-corrected chi connectivity index (χ1v) is 7.26. The third-order valence-electron chi connectivity index (χ3n) is 4.33. The molecule has 2 aliphatic rings. The lowest BCUT2D eigenvalue weighted by Crippen LogP contribution is -2.44. The van der Waals surface area contributed by atoms with Crippen LogP contribution >= 0.6 is 0 Å². The highest BCUT2D eigenvalue weighted by atomic mass is 16.2. The topological polar surface area (TPSA) is 61.0 Å². The molecule has 0 atom stereocenters. The van der Waals surface area contributed by atoms with Crippen LogP contribution in [-0.4, -0.2) is 40.8 Å². The zero-order chi connectivity index (χ0) is 13.2. The van der Waals surface area contributed by atoms with Gasteiger partial charge >= 0.3 is 6.03 Å². The van der Waals surface area contributed by atoms with Crippen LogP contribution in [0, 0.1) is 12.8 Å². The Balaban J connectivity index is 1.48. The van der Waals surface area contributed by atoms with Crippen LogP contribution in [-0.2, 0) is 0 Å². The van der Waals surface area contributed by atoms with Gasteiger partial charge in [-0.15, -0.1) is 0 Å². The van der Waals surface area contributed by atoms with E-state index < -0.39 is 0 Å². The van der Waals surface area contributed by atoms with E-state index in [0.29, 0.717) is 5.92 Å². The molecular weight excluding hydrogens is 240 g/mol. The average Bonchev–Trinajstić information content (AvgIpc) is 3.17. The summed E-state index contributed by atoms with van der Waals surface area (Å²) >= 11 is 0. The number of H-pyrrole nitrogens is 1. The predicted molar refractivity (Wildman–Crippen MR) is 73.0 cm³/mol. The van der Waals surface area contributed by atoms with Gasteiger partial charge < -0.3 is 10.2 Å². The maximum absolute atomic E-state index is 12.0. The Morgan fingerprint density at radius 1 is 1.42 bits per heavy atom. The Kier molecular flexibility index (Phi) is 3.44. The first kappa shape index (κ1) is 12.5. The summed E-state index contributed by atoms with van der Waals surface area (Å²) in [6, 6.07) is 0.120. The number of aromatic amines is 1. The van der Waals surface area contributed by atoms with Gasteiger partial charge in [0.1, 0.15) is 0 Å². The van der Waals surface area contributed by atoms with Crippen molar-refractivity contribution >= 4 is 6.03 Å². The molecule has 1 aliphatic heterocycles. The second-order valence-electron chi connectivity index (χ2n) is 5.84. The predicted octanol–water partition coefficient (Wildman–Crippen LogP) is 2.02. The highest BCUT2D eigenvalue weighted by Gasteiger charge is 2.27.